The van der Waals surface area contributed by atoms with Crippen molar-refractivity contribution in [3.63, 3.8) is 0 Å². The van der Waals surface area contributed by atoms with E-state index in [-0.39, 0.29) is 17.7 Å². The number of alkyl halides is 3. The van der Waals surface area contributed by atoms with Crippen LogP contribution in [0.5, 0.6) is 5.75 Å². The first-order valence-corrected chi connectivity index (χ1v) is 7.02. The van der Waals surface area contributed by atoms with Crippen molar-refractivity contribution >= 4 is 17.5 Å². The number of anilines is 1. The Hall–Kier alpha value is -2.83. The highest BCUT2D eigenvalue weighted by molar-refractivity contribution is 6.24. The van der Waals surface area contributed by atoms with Gasteiger partial charge in [-0.1, -0.05) is 12.1 Å². The molecular formula is C17H12F3NO3. The second-order valence-electron chi connectivity index (χ2n) is 5.28. The maximum Gasteiger partial charge on any atom is 0.416 e. The van der Waals surface area contributed by atoms with Crippen molar-refractivity contribution in [1.29, 1.82) is 0 Å². The standard InChI is InChI=1S/C17H12F3NO3/c1-24-13-6-5-10-7-15(22)21(16(23)14(10)9-13)12-4-2-3-11(8-12)17(18,19)20/h2-6,8-9H,7H2,1H3. The molecule has 4 nitrogen and oxygen atoms in total. The number of carbonyl (C=O) groups excluding carboxylic acids is 2. The van der Waals surface area contributed by atoms with Crippen LogP contribution in [-0.2, 0) is 17.4 Å². The third-order valence-electron chi connectivity index (χ3n) is 3.77. The van der Waals surface area contributed by atoms with Crippen LogP contribution in [0.4, 0.5) is 18.9 Å². The predicted octanol–water partition coefficient (Wildman–Crippen LogP) is 3.44. The molecule has 2 aromatic rings. The van der Waals surface area contributed by atoms with E-state index in [1.165, 1.54) is 25.3 Å². The van der Waals surface area contributed by atoms with E-state index in [1.807, 2.05) is 0 Å². The van der Waals surface area contributed by atoms with E-state index in [4.69, 9.17) is 4.74 Å². The first-order valence-electron chi connectivity index (χ1n) is 7.02. The minimum Gasteiger partial charge on any atom is -0.497 e. The molecule has 0 spiro atoms. The number of carbonyl (C=O) groups is 2. The SMILES string of the molecule is COc1ccc2c(c1)C(=O)N(c1cccc(C(F)(F)F)c1)C(=O)C2. The Labute approximate surface area is 135 Å². The van der Waals surface area contributed by atoms with Gasteiger partial charge in [0, 0.05) is 5.56 Å². The van der Waals surface area contributed by atoms with Crippen LogP contribution in [0.15, 0.2) is 42.5 Å². The fourth-order valence-electron chi connectivity index (χ4n) is 2.59. The molecule has 0 N–H and O–H groups in total. The molecule has 1 aliphatic rings. The average molecular weight is 335 g/mol. The Morgan fingerprint density at radius 1 is 1.08 bits per heavy atom. The van der Waals surface area contributed by atoms with Crippen LogP contribution in [0, 0.1) is 0 Å². The van der Waals surface area contributed by atoms with E-state index in [2.05, 4.69) is 0 Å². The third kappa shape index (κ3) is 2.73. The molecule has 24 heavy (non-hydrogen) atoms. The molecule has 3 rings (SSSR count). The van der Waals surface area contributed by atoms with E-state index in [1.54, 1.807) is 12.1 Å². The van der Waals surface area contributed by atoms with Crippen molar-refractivity contribution in [2.45, 2.75) is 12.6 Å². The first kappa shape index (κ1) is 16.0. The number of amides is 2. The molecule has 0 saturated heterocycles. The zero-order chi connectivity index (χ0) is 17.5. The Morgan fingerprint density at radius 3 is 2.50 bits per heavy atom. The highest BCUT2D eigenvalue weighted by Gasteiger charge is 2.35. The molecular weight excluding hydrogens is 323 g/mol. The van der Waals surface area contributed by atoms with Gasteiger partial charge in [-0.2, -0.15) is 13.2 Å². The van der Waals surface area contributed by atoms with E-state index >= 15 is 0 Å². The molecule has 2 aromatic carbocycles. The first-order chi connectivity index (χ1) is 11.3. The molecule has 0 unspecified atom stereocenters. The molecule has 0 atom stereocenters. The summed E-state index contributed by atoms with van der Waals surface area (Å²) >= 11 is 0. The summed E-state index contributed by atoms with van der Waals surface area (Å²) in [6.45, 7) is 0. The summed E-state index contributed by atoms with van der Waals surface area (Å²) in [7, 11) is 1.44. The second kappa shape index (κ2) is 5.67. The van der Waals surface area contributed by atoms with E-state index < -0.39 is 23.6 Å². The molecule has 1 heterocycles. The normalized spacial score (nSPS) is 14.6. The quantitative estimate of drug-likeness (QED) is 0.790. The van der Waals surface area contributed by atoms with Crippen molar-refractivity contribution in [3.05, 3.63) is 59.2 Å². The molecule has 124 valence electrons. The van der Waals surface area contributed by atoms with E-state index in [0.717, 1.165) is 17.0 Å². The Morgan fingerprint density at radius 2 is 1.83 bits per heavy atom. The third-order valence-corrected chi connectivity index (χ3v) is 3.77. The topological polar surface area (TPSA) is 46.6 Å². The Balaban J connectivity index is 2.06. The van der Waals surface area contributed by atoms with Crippen molar-refractivity contribution in [2.24, 2.45) is 0 Å². The van der Waals surface area contributed by atoms with E-state index in [0.29, 0.717) is 11.3 Å². The van der Waals surface area contributed by atoms with E-state index in [9.17, 15) is 22.8 Å². The van der Waals surface area contributed by atoms with Crippen LogP contribution in [0.2, 0.25) is 0 Å². The lowest BCUT2D eigenvalue weighted by atomic mass is 9.97. The number of methoxy groups -OCH3 is 1. The fourth-order valence-corrected chi connectivity index (χ4v) is 2.59. The number of ether oxygens (including phenoxy) is 1. The predicted molar refractivity (Wildman–Crippen MR) is 80.0 cm³/mol. The number of hydrogen-bond acceptors (Lipinski definition) is 3. The van der Waals surface area contributed by atoms with Gasteiger partial charge < -0.3 is 4.74 Å². The molecule has 1 aliphatic heterocycles. The summed E-state index contributed by atoms with van der Waals surface area (Å²) in [5.74, 6) is -0.808. The van der Waals surface area contributed by atoms with Gasteiger partial charge >= 0.3 is 6.18 Å². The molecule has 0 aliphatic carbocycles. The zero-order valence-electron chi connectivity index (χ0n) is 12.6. The Kier molecular flexibility index (Phi) is 3.79. The molecule has 0 fully saturated rings. The summed E-state index contributed by atoms with van der Waals surface area (Å²) in [5.41, 5.74) is -0.259. The lowest BCUT2D eigenvalue weighted by molar-refractivity contribution is -0.137. The van der Waals surface area contributed by atoms with Gasteiger partial charge in [-0.15, -0.1) is 0 Å². The number of rotatable bonds is 2. The van der Waals surface area contributed by atoms with Crippen LogP contribution >= 0.6 is 0 Å². The van der Waals surface area contributed by atoms with Gasteiger partial charge in [0.25, 0.3) is 5.91 Å². The highest BCUT2D eigenvalue weighted by Crippen LogP contribution is 2.33. The van der Waals surface area contributed by atoms with Crippen molar-refractivity contribution in [1.82, 2.24) is 0 Å². The van der Waals surface area contributed by atoms with Gasteiger partial charge in [-0.25, -0.2) is 4.90 Å². The second-order valence-corrected chi connectivity index (χ2v) is 5.28. The minimum absolute atomic E-state index is 0.0681. The maximum absolute atomic E-state index is 12.9. The maximum atomic E-state index is 12.9. The summed E-state index contributed by atoms with van der Waals surface area (Å²) in [5, 5.41) is 0. The van der Waals surface area contributed by atoms with Crippen molar-refractivity contribution < 1.29 is 27.5 Å². The molecule has 0 saturated carbocycles. The van der Waals surface area contributed by atoms with Crippen LogP contribution in [0.3, 0.4) is 0 Å². The summed E-state index contributed by atoms with van der Waals surface area (Å²) < 4.78 is 43.6. The Bertz CT molecular complexity index is 830. The van der Waals surface area contributed by atoms with Crippen molar-refractivity contribution in [2.75, 3.05) is 12.0 Å². The largest absolute Gasteiger partial charge is 0.497 e. The van der Waals surface area contributed by atoms with Gasteiger partial charge in [0.1, 0.15) is 5.75 Å². The van der Waals surface area contributed by atoms with Gasteiger partial charge in [0.05, 0.1) is 24.8 Å². The molecule has 7 heteroatoms. The van der Waals surface area contributed by atoms with Crippen LogP contribution < -0.4 is 9.64 Å². The highest BCUT2D eigenvalue weighted by atomic mass is 19.4. The smallest absolute Gasteiger partial charge is 0.416 e. The average Bonchev–Trinajstić information content (AvgIpc) is 2.54. The molecule has 0 aromatic heterocycles. The molecule has 0 bridgehead atoms. The summed E-state index contributed by atoms with van der Waals surface area (Å²) in [6.07, 6.45) is -4.62. The molecule has 0 radical (unpaired) electrons. The van der Waals surface area contributed by atoms with Gasteiger partial charge in [-0.3, -0.25) is 9.59 Å². The van der Waals surface area contributed by atoms with Crippen LogP contribution in [0.1, 0.15) is 21.5 Å². The number of benzene rings is 2. The van der Waals surface area contributed by atoms with Gasteiger partial charge in [0.2, 0.25) is 5.91 Å². The number of imide groups is 1. The number of nitrogens with zero attached hydrogens (tertiary/aromatic N) is 1. The number of halogens is 3. The summed E-state index contributed by atoms with van der Waals surface area (Å²) in [4.78, 5) is 25.7. The van der Waals surface area contributed by atoms with Crippen LogP contribution in [-0.4, -0.2) is 18.9 Å². The number of fused-ring (bicyclic) bond motifs is 1. The number of hydrogen-bond donors (Lipinski definition) is 0. The van der Waals surface area contributed by atoms with Gasteiger partial charge in [0.15, 0.2) is 0 Å². The fraction of sp³-hybridized carbons (Fsp3) is 0.176. The lowest BCUT2D eigenvalue weighted by Crippen LogP contribution is -2.42. The molecule has 2 amide bonds. The minimum atomic E-state index is -4.56. The monoisotopic (exact) mass is 335 g/mol. The summed E-state index contributed by atoms with van der Waals surface area (Å²) in [6, 6.07) is 8.86. The zero-order valence-corrected chi connectivity index (χ0v) is 12.6. The van der Waals surface area contributed by atoms with Crippen LogP contribution in [0.25, 0.3) is 0 Å². The lowest BCUT2D eigenvalue weighted by Gasteiger charge is -2.27. The van der Waals surface area contributed by atoms with Gasteiger partial charge in [-0.05, 0) is 35.9 Å². The van der Waals surface area contributed by atoms with Crippen molar-refractivity contribution in [3.8, 4) is 5.75 Å².